The Balaban J connectivity index is 1.30. The van der Waals surface area contributed by atoms with Gasteiger partial charge >= 0.3 is 6.03 Å². The number of aromatic nitrogens is 1. The number of carbonyl (C=O) groups excluding carboxylic acids is 3. The van der Waals surface area contributed by atoms with Crippen LogP contribution in [-0.2, 0) is 11.2 Å². The van der Waals surface area contributed by atoms with Crippen molar-refractivity contribution in [2.45, 2.75) is 25.3 Å². The second-order valence-electron chi connectivity index (χ2n) is 9.72. The summed E-state index contributed by atoms with van der Waals surface area (Å²) in [5.74, 6) is -0.421. The number of carbonyl (C=O) groups is 3. The van der Waals surface area contributed by atoms with Gasteiger partial charge in [0.2, 0.25) is 5.91 Å². The van der Waals surface area contributed by atoms with Crippen LogP contribution in [0.1, 0.15) is 33.6 Å². The maximum Gasteiger partial charge on any atom is 0.331 e. The van der Waals surface area contributed by atoms with Crippen molar-refractivity contribution in [2.75, 3.05) is 23.3 Å². The highest BCUT2D eigenvalue weighted by Gasteiger charge is 2.33. The summed E-state index contributed by atoms with van der Waals surface area (Å²) in [6.07, 6.45) is 5.28. The highest BCUT2D eigenvalue weighted by atomic mass is 32.1. The van der Waals surface area contributed by atoms with Gasteiger partial charge in [-0.05, 0) is 54.7 Å². The molecule has 0 saturated carbocycles. The first-order valence-electron chi connectivity index (χ1n) is 12.9. The fourth-order valence-corrected chi connectivity index (χ4v) is 6.34. The third kappa shape index (κ3) is 4.77. The van der Waals surface area contributed by atoms with E-state index in [9.17, 15) is 14.4 Å². The van der Waals surface area contributed by atoms with Crippen LogP contribution in [0.4, 0.5) is 21.9 Å². The Kier molecular flexibility index (Phi) is 6.58. The monoisotopic (exact) mass is 537 g/mol. The van der Waals surface area contributed by atoms with Crippen LogP contribution in [0.3, 0.4) is 0 Å². The molecule has 4 heterocycles. The summed E-state index contributed by atoms with van der Waals surface area (Å²) in [6.45, 7) is 4.64. The first-order chi connectivity index (χ1) is 19.0. The lowest BCUT2D eigenvalue weighted by molar-refractivity contribution is -0.127. The lowest BCUT2D eigenvalue weighted by Gasteiger charge is -2.32. The minimum Gasteiger partial charge on any atom is -0.347 e. The topological polar surface area (TPSA) is 94.6 Å². The molecule has 9 heteroatoms. The Morgan fingerprint density at radius 3 is 2.77 bits per heavy atom. The predicted octanol–water partition coefficient (Wildman–Crippen LogP) is 5.48. The van der Waals surface area contributed by atoms with Gasteiger partial charge in [0.25, 0.3) is 5.91 Å². The third-order valence-electron chi connectivity index (χ3n) is 7.11. The van der Waals surface area contributed by atoms with Crippen LogP contribution in [-0.4, -0.2) is 46.9 Å². The number of hydrogen-bond donors (Lipinski definition) is 2. The lowest BCUT2D eigenvalue weighted by Crippen LogP contribution is -2.49. The van der Waals surface area contributed by atoms with Crippen molar-refractivity contribution in [3.8, 4) is 0 Å². The summed E-state index contributed by atoms with van der Waals surface area (Å²) >= 11 is 1.25. The van der Waals surface area contributed by atoms with Gasteiger partial charge in [0.05, 0.1) is 22.4 Å². The number of pyridine rings is 1. The number of rotatable bonds is 6. The fraction of sp³-hybridized carbons (Fsp3) is 0.200. The molecule has 196 valence electrons. The molecule has 2 aromatic heterocycles. The van der Waals surface area contributed by atoms with Crippen LogP contribution < -0.4 is 15.5 Å². The Bertz CT molecular complexity index is 1600. The van der Waals surface area contributed by atoms with Crippen molar-refractivity contribution < 1.29 is 14.4 Å². The summed E-state index contributed by atoms with van der Waals surface area (Å²) in [5.41, 5.74) is 4.18. The number of hydrogen-bond acceptors (Lipinski definition) is 5. The van der Waals surface area contributed by atoms with E-state index < -0.39 is 0 Å². The highest BCUT2D eigenvalue weighted by molar-refractivity contribution is 7.21. The Labute approximate surface area is 230 Å². The zero-order valence-corrected chi connectivity index (χ0v) is 22.0. The molecule has 2 aromatic carbocycles. The first kappa shape index (κ1) is 24.8. The van der Waals surface area contributed by atoms with Crippen molar-refractivity contribution in [1.29, 1.82) is 0 Å². The normalized spacial score (nSPS) is 16.6. The number of nitrogens with one attached hydrogen (secondary N) is 2. The van der Waals surface area contributed by atoms with Crippen molar-refractivity contribution in [2.24, 2.45) is 0 Å². The van der Waals surface area contributed by atoms with Gasteiger partial charge in [-0.3, -0.25) is 14.5 Å². The zero-order chi connectivity index (χ0) is 26.9. The largest absolute Gasteiger partial charge is 0.347 e. The minimum atomic E-state index is -0.334. The predicted molar refractivity (Wildman–Crippen MR) is 154 cm³/mol. The molecule has 2 N–H and O–H groups in total. The fourth-order valence-electron chi connectivity index (χ4n) is 5.31. The van der Waals surface area contributed by atoms with Crippen molar-refractivity contribution in [1.82, 2.24) is 15.2 Å². The number of thiophene rings is 1. The maximum absolute atomic E-state index is 13.5. The molecule has 0 aliphatic carbocycles. The first-order valence-corrected chi connectivity index (χ1v) is 13.7. The standard InChI is InChI=1S/C30H27N5O3S/c1-2-24(36)34-15-7-11-21(18-34)32-28(37)27-26-25-23(13-14-31-29(25)39-27)35(30(38)33-26)22-12-6-10-20(17-22)16-19-8-4-3-5-9-19/h2-6,8-10,12-14,17,21H,1,7,11,15-16,18H2,(H,32,37)(H,33,38). The molecule has 4 amide bonds. The van der Waals surface area contributed by atoms with Gasteiger partial charge < -0.3 is 15.5 Å². The van der Waals surface area contributed by atoms with E-state index in [4.69, 9.17) is 0 Å². The summed E-state index contributed by atoms with van der Waals surface area (Å²) < 4.78 is 0. The van der Waals surface area contributed by atoms with Crippen LogP contribution in [0.15, 0.2) is 79.5 Å². The molecular formula is C30H27N5O3S. The Morgan fingerprint density at radius 2 is 1.95 bits per heavy atom. The molecule has 4 aromatic rings. The summed E-state index contributed by atoms with van der Waals surface area (Å²) in [5, 5.41) is 6.77. The van der Waals surface area contributed by atoms with E-state index >= 15 is 0 Å². The molecule has 0 bridgehead atoms. The van der Waals surface area contributed by atoms with Crippen molar-refractivity contribution >= 4 is 56.5 Å². The number of likely N-dealkylation sites (tertiary alicyclic amines) is 1. The van der Waals surface area contributed by atoms with Gasteiger partial charge in [-0.1, -0.05) is 49.0 Å². The van der Waals surface area contributed by atoms with Crippen LogP contribution in [0.25, 0.3) is 10.2 Å². The molecule has 39 heavy (non-hydrogen) atoms. The molecule has 1 unspecified atom stereocenters. The minimum absolute atomic E-state index is 0.139. The van der Waals surface area contributed by atoms with E-state index in [2.05, 4.69) is 34.3 Å². The second-order valence-corrected chi connectivity index (χ2v) is 10.7. The summed E-state index contributed by atoms with van der Waals surface area (Å²) in [6, 6.07) is 19.4. The Hall–Kier alpha value is -4.50. The van der Waals surface area contributed by atoms with Crippen molar-refractivity contribution in [3.63, 3.8) is 0 Å². The third-order valence-corrected chi connectivity index (χ3v) is 8.21. The molecule has 2 aliphatic heterocycles. The van der Waals surface area contributed by atoms with Gasteiger partial charge in [-0.25, -0.2) is 9.78 Å². The number of piperidine rings is 1. The Morgan fingerprint density at radius 1 is 1.13 bits per heavy atom. The SMILES string of the molecule is C=CC(=O)N1CCCC(NC(=O)c2sc3nccc4c3c2NC(=O)N4c2cccc(Cc3ccccc3)c2)C1. The van der Waals surface area contributed by atoms with E-state index in [0.29, 0.717) is 34.2 Å². The summed E-state index contributed by atoms with van der Waals surface area (Å²) in [7, 11) is 0. The number of anilines is 3. The number of urea groups is 1. The van der Waals surface area contributed by atoms with Crippen LogP contribution >= 0.6 is 11.3 Å². The van der Waals surface area contributed by atoms with Crippen molar-refractivity contribution in [3.05, 3.63) is 95.5 Å². The molecule has 1 saturated heterocycles. The molecule has 1 atom stereocenters. The highest BCUT2D eigenvalue weighted by Crippen LogP contribution is 2.45. The van der Waals surface area contributed by atoms with Crippen LogP contribution in [0.5, 0.6) is 0 Å². The number of benzene rings is 2. The van der Waals surface area contributed by atoms with Gasteiger partial charge in [0, 0.05) is 25.3 Å². The van der Waals surface area contributed by atoms with Gasteiger partial charge in [-0.15, -0.1) is 11.3 Å². The zero-order valence-electron chi connectivity index (χ0n) is 21.2. The van der Waals surface area contributed by atoms with Crippen LogP contribution in [0, 0.1) is 0 Å². The molecule has 8 nitrogen and oxygen atoms in total. The molecular weight excluding hydrogens is 510 g/mol. The molecule has 0 spiro atoms. The van der Waals surface area contributed by atoms with Gasteiger partial charge in [0.15, 0.2) is 0 Å². The molecule has 0 radical (unpaired) electrons. The maximum atomic E-state index is 13.5. The quantitative estimate of drug-likeness (QED) is 0.319. The summed E-state index contributed by atoms with van der Waals surface area (Å²) in [4.78, 5) is 47.9. The molecule has 2 aliphatic rings. The molecule has 6 rings (SSSR count). The van der Waals surface area contributed by atoms with E-state index in [-0.39, 0.29) is 23.9 Å². The lowest BCUT2D eigenvalue weighted by atomic mass is 10.0. The number of nitrogens with zero attached hydrogens (tertiary/aromatic N) is 3. The average molecular weight is 538 g/mol. The smallest absolute Gasteiger partial charge is 0.331 e. The van der Waals surface area contributed by atoms with E-state index in [0.717, 1.165) is 35.9 Å². The van der Waals surface area contributed by atoms with Gasteiger partial charge in [-0.2, -0.15) is 0 Å². The van der Waals surface area contributed by atoms with E-state index in [1.807, 2.05) is 48.5 Å². The number of amides is 4. The van der Waals surface area contributed by atoms with E-state index in [1.165, 1.54) is 23.0 Å². The average Bonchev–Trinajstić information content (AvgIpc) is 3.33. The van der Waals surface area contributed by atoms with E-state index in [1.54, 1.807) is 16.0 Å². The second kappa shape index (κ2) is 10.3. The van der Waals surface area contributed by atoms with Gasteiger partial charge in [0.1, 0.15) is 9.71 Å². The van der Waals surface area contributed by atoms with Crippen LogP contribution in [0.2, 0.25) is 0 Å². The molecule has 1 fully saturated rings.